The Bertz CT molecular complexity index is 1050. The van der Waals surface area contributed by atoms with E-state index in [4.69, 9.17) is 14.2 Å². The van der Waals surface area contributed by atoms with Crippen LogP contribution in [0.1, 0.15) is 35.3 Å². The number of rotatable bonds is 6. The smallest absolute Gasteiger partial charge is 0.330 e. The normalized spacial score (nSPS) is 17.3. The number of fused-ring (bicyclic) bond motifs is 1. The number of methoxy groups -OCH3 is 1. The van der Waals surface area contributed by atoms with Crippen LogP contribution in [0.25, 0.3) is 12.2 Å². The Hall–Kier alpha value is -3.74. The molecule has 0 radical (unpaired) electrons. The molecule has 2 N–H and O–H groups in total. The molecular weight excluding hydrogens is 388 g/mol. The van der Waals surface area contributed by atoms with Crippen molar-refractivity contribution in [3.63, 3.8) is 0 Å². The van der Waals surface area contributed by atoms with Gasteiger partial charge in [0.25, 0.3) is 0 Å². The minimum Gasteiger partial charge on any atom is -0.507 e. The first kappa shape index (κ1) is 21.0. The van der Waals surface area contributed by atoms with Crippen molar-refractivity contribution in [1.82, 2.24) is 0 Å². The third kappa shape index (κ3) is 4.63. The maximum absolute atomic E-state index is 12.1. The van der Waals surface area contributed by atoms with Gasteiger partial charge < -0.3 is 24.4 Å². The van der Waals surface area contributed by atoms with Gasteiger partial charge in [0.1, 0.15) is 18.1 Å². The van der Waals surface area contributed by atoms with Crippen LogP contribution in [-0.2, 0) is 9.53 Å². The zero-order valence-electron chi connectivity index (χ0n) is 16.8. The van der Waals surface area contributed by atoms with Gasteiger partial charge >= 0.3 is 5.97 Å². The van der Waals surface area contributed by atoms with Gasteiger partial charge in [-0.2, -0.15) is 0 Å². The molecule has 2 aromatic carbocycles. The Balaban J connectivity index is 1.65. The summed E-state index contributed by atoms with van der Waals surface area (Å²) in [6, 6.07) is 7.63. The number of Topliss-reactive ketones (excluding diaryl/α,β-unsaturated/α-hetero) is 1. The summed E-state index contributed by atoms with van der Waals surface area (Å²) in [5.74, 6) is -0.278. The number of hydrogen-bond acceptors (Lipinski definition) is 7. The number of phenolic OH excluding ortho intramolecular Hbond substituents is 2. The lowest BCUT2D eigenvalue weighted by Crippen LogP contribution is -2.38. The predicted octanol–water partition coefficient (Wildman–Crippen LogP) is 3.73. The van der Waals surface area contributed by atoms with Crippen molar-refractivity contribution < 1.29 is 34.0 Å². The molecule has 7 nitrogen and oxygen atoms in total. The van der Waals surface area contributed by atoms with Crippen molar-refractivity contribution in [2.45, 2.75) is 19.4 Å². The largest absolute Gasteiger partial charge is 0.507 e. The summed E-state index contributed by atoms with van der Waals surface area (Å²) in [5, 5.41) is 19.6. The Labute approximate surface area is 173 Å². The second-order valence-electron chi connectivity index (χ2n) is 7.08. The van der Waals surface area contributed by atoms with Gasteiger partial charge in [-0.05, 0) is 49.8 Å². The van der Waals surface area contributed by atoms with E-state index < -0.39 is 11.6 Å². The molecule has 1 atom stereocenters. The number of aromatic hydroxyl groups is 2. The van der Waals surface area contributed by atoms with E-state index in [1.54, 1.807) is 43.4 Å². The molecule has 0 saturated heterocycles. The molecule has 0 fully saturated rings. The van der Waals surface area contributed by atoms with Crippen LogP contribution in [0.2, 0.25) is 0 Å². The summed E-state index contributed by atoms with van der Waals surface area (Å²) >= 11 is 0. The highest BCUT2D eigenvalue weighted by molar-refractivity contribution is 5.97. The third-order valence-electron chi connectivity index (χ3n) is 4.58. The highest BCUT2D eigenvalue weighted by atomic mass is 16.6. The monoisotopic (exact) mass is 410 g/mol. The van der Waals surface area contributed by atoms with Crippen molar-refractivity contribution in [2.75, 3.05) is 13.7 Å². The van der Waals surface area contributed by atoms with Crippen LogP contribution >= 0.6 is 0 Å². The summed E-state index contributed by atoms with van der Waals surface area (Å²) in [7, 11) is 1.44. The minimum atomic E-state index is -0.928. The number of phenols is 2. The van der Waals surface area contributed by atoms with Crippen molar-refractivity contribution in [2.24, 2.45) is 0 Å². The summed E-state index contributed by atoms with van der Waals surface area (Å²) < 4.78 is 16.2. The molecule has 156 valence electrons. The molecule has 0 aliphatic carbocycles. The fraction of sp³-hybridized carbons (Fsp3) is 0.217. The topological polar surface area (TPSA) is 102 Å². The van der Waals surface area contributed by atoms with Crippen molar-refractivity contribution in [1.29, 1.82) is 0 Å². The lowest BCUT2D eigenvalue weighted by atomic mass is 9.98. The molecule has 1 aliphatic rings. The molecule has 0 unspecified atom stereocenters. The van der Waals surface area contributed by atoms with E-state index in [0.29, 0.717) is 22.6 Å². The van der Waals surface area contributed by atoms with Crippen molar-refractivity contribution >= 4 is 23.9 Å². The number of ether oxygens (including phenoxy) is 3. The Kier molecular flexibility index (Phi) is 5.82. The molecular formula is C23H22O7. The highest BCUT2D eigenvalue weighted by Crippen LogP contribution is 2.36. The van der Waals surface area contributed by atoms with E-state index in [1.807, 2.05) is 0 Å². The third-order valence-corrected chi connectivity index (χ3v) is 4.58. The summed E-state index contributed by atoms with van der Waals surface area (Å²) in [6.45, 7) is 3.06. The molecule has 0 saturated carbocycles. The fourth-order valence-electron chi connectivity index (χ4n) is 2.94. The van der Waals surface area contributed by atoms with Crippen LogP contribution in [-0.4, -0.2) is 41.3 Å². The molecule has 0 bridgehead atoms. The van der Waals surface area contributed by atoms with Gasteiger partial charge in [-0.1, -0.05) is 12.1 Å². The van der Waals surface area contributed by atoms with Crippen LogP contribution in [0.4, 0.5) is 0 Å². The Morgan fingerprint density at radius 3 is 2.63 bits per heavy atom. The van der Waals surface area contributed by atoms with Gasteiger partial charge in [-0.15, -0.1) is 0 Å². The van der Waals surface area contributed by atoms with E-state index in [2.05, 4.69) is 0 Å². The molecule has 30 heavy (non-hydrogen) atoms. The van der Waals surface area contributed by atoms with Gasteiger partial charge in [0, 0.05) is 17.7 Å². The van der Waals surface area contributed by atoms with E-state index >= 15 is 0 Å². The Morgan fingerprint density at radius 2 is 1.93 bits per heavy atom. The van der Waals surface area contributed by atoms with Crippen LogP contribution in [0.3, 0.4) is 0 Å². The van der Waals surface area contributed by atoms with E-state index in [1.165, 1.54) is 32.2 Å². The van der Waals surface area contributed by atoms with Gasteiger partial charge in [-0.3, -0.25) is 4.79 Å². The summed E-state index contributed by atoms with van der Waals surface area (Å²) in [5.41, 5.74) is 0.603. The minimum absolute atomic E-state index is 0.00753. The fourth-order valence-corrected chi connectivity index (χ4v) is 2.94. The zero-order chi connectivity index (χ0) is 21.9. The molecule has 0 aromatic heterocycles. The van der Waals surface area contributed by atoms with Crippen molar-refractivity contribution in [3.05, 3.63) is 59.2 Å². The molecule has 0 spiro atoms. The first-order valence-electron chi connectivity index (χ1n) is 9.19. The number of carbonyl (C=O) groups excluding carboxylic acids is 2. The maximum atomic E-state index is 12.1. The lowest BCUT2D eigenvalue weighted by molar-refractivity contribution is -0.141. The van der Waals surface area contributed by atoms with E-state index in [9.17, 15) is 19.8 Å². The standard InChI is InChI=1S/C23H22O7/c1-14(24)17-11-16-8-9-23(2,30-20(16)12-19(17)26)13-29-22(27)7-5-15-4-6-18(25)21(10-15)28-3/h4-12,25-26H,13H2,1-3H3/b7-5+/t23-/m1/s1. The van der Waals surface area contributed by atoms with Gasteiger partial charge in [0.05, 0.1) is 12.7 Å². The van der Waals surface area contributed by atoms with Crippen LogP contribution in [0.15, 0.2) is 42.5 Å². The quantitative estimate of drug-likeness (QED) is 0.425. The van der Waals surface area contributed by atoms with Gasteiger partial charge in [0.2, 0.25) is 0 Å². The SMILES string of the molecule is COc1cc(/C=C/C(=O)OC[C@@]2(C)C=Cc3cc(C(C)=O)c(O)cc3O2)ccc1O. The lowest BCUT2D eigenvalue weighted by Gasteiger charge is -2.31. The van der Waals surface area contributed by atoms with Crippen LogP contribution < -0.4 is 9.47 Å². The van der Waals surface area contributed by atoms with Crippen LogP contribution in [0.5, 0.6) is 23.0 Å². The number of ketones is 1. The number of carbonyl (C=O) groups is 2. The van der Waals surface area contributed by atoms with Gasteiger partial charge in [0.15, 0.2) is 22.9 Å². The maximum Gasteiger partial charge on any atom is 0.330 e. The first-order chi connectivity index (χ1) is 14.2. The second kappa shape index (κ2) is 8.32. The molecule has 1 aliphatic heterocycles. The number of esters is 1. The zero-order valence-corrected chi connectivity index (χ0v) is 16.8. The number of benzene rings is 2. The highest BCUT2D eigenvalue weighted by Gasteiger charge is 2.30. The molecule has 7 heteroatoms. The molecule has 3 rings (SSSR count). The molecule has 2 aromatic rings. The van der Waals surface area contributed by atoms with Gasteiger partial charge in [-0.25, -0.2) is 4.79 Å². The van der Waals surface area contributed by atoms with Crippen molar-refractivity contribution in [3.8, 4) is 23.0 Å². The Morgan fingerprint density at radius 1 is 1.17 bits per heavy atom. The second-order valence-corrected chi connectivity index (χ2v) is 7.08. The van der Waals surface area contributed by atoms with E-state index in [-0.39, 0.29) is 29.5 Å². The number of hydrogen-bond donors (Lipinski definition) is 2. The first-order valence-corrected chi connectivity index (χ1v) is 9.19. The predicted molar refractivity (Wildman–Crippen MR) is 111 cm³/mol. The van der Waals surface area contributed by atoms with Crippen LogP contribution in [0, 0.1) is 0 Å². The average Bonchev–Trinajstić information content (AvgIpc) is 2.71. The summed E-state index contributed by atoms with van der Waals surface area (Å²) in [4.78, 5) is 23.7. The molecule has 1 heterocycles. The molecule has 0 amide bonds. The summed E-state index contributed by atoms with van der Waals surface area (Å²) in [6.07, 6.45) is 6.30. The average molecular weight is 410 g/mol. The van der Waals surface area contributed by atoms with E-state index in [0.717, 1.165) is 0 Å².